The first-order valence-corrected chi connectivity index (χ1v) is 8.29. The van der Waals surface area contributed by atoms with Gasteiger partial charge in [0.05, 0.1) is 24.0 Å². The van der Waals surface area contributed by atoms with Crippen molar-refractivity contribution in [2.75, 3.05) is 19.6 Å². The molecule has 2 amide bonds. The molecule has 24 heavy (non-hydrogen) atoms. The number of rotatable bonds is 5. The molecule has 1 aromatic carbocycles. The average molecular weight is 347 g/mol. The van der Waals surface area contributed by atoms with E-state index < -0.39 is 0 Å². The predicted molar refractivity (Wildman–Crippen MR) is 91.2 cm³/mol. The van der Waals surface area contributed by atoms with Gasteiger partial charge in [-0.1, -0.05) is 41.9 Å². The van der Waals surface area contributed by atoms with Crippen molar-refractivity contribution in [2.45, 2.75) is 18.9 Å². The Morgan fingerprint density at radius 2 is 2.04 bits per heavy atom. The number of hydrogen-bond acceptors (Lipinski definition) is 4. The fraction of sp³-hybridized carbons (Fsp3) is 0.353. The number of hydrogen-bond donors (Lipinski definition) is 1. The van der Waals surface area contributed by atoms with Gasteiger partial charge in [0.25, 0.3) is 0 Å². The van der Waals surface area contributed by atoms with Gasteiger partial charge in [-0.25, -0.2) is 14.8 Å². The van der Waals surface area contributed by atoms with Crippen LogP contribution in [0.15, 0.2) is 42.7 Å². The molecule has 0 spiro atoms. The number of urea groups is 1. The van der Waals surface area contributed by atoms with Crippen molar-refractivity contribution in [3.63, 3.8) is 0 Å². The number of nitrogens with one attached hydrogen (secondary N) is 1. The van der Waals surface area contributed by atoms with Gasteiger partial charge >= 0.3 is 12.0 Å². The Hall–Kier alpha value is -2.34. The van der Waals surface area contributed by atoms with Crippen molar-refractivity contribution < 1.29 is 9.53 Å². The minimum Gasteiger partial charge on any atom is -0.458 e. The molecule has 7 heteroatoms. The molecule has 1 saturated heterocycles. The standard InChI is InChI=1S/C17H19ClN4O2/c18-14-10-20-16(21-11-14)24-15-7-9-22(12-15)17(23)19-8-6-13-4-2-1-3-5-13/h1-5,10-11,15H,6-9,12H2,(H,19,23)/t15-/m1/s1. The van der Waals surface area contributed by atoms with Crippen LogP contribution in [-0.2, 0) is 6.42 Å². The van der Waals surface area contributed by atoms with Crippen molar-refractivity contribution in [1.82, 2.24) is 20.2 Å². The Kier molecular flexibility index (Phi) is 5.48. The topological polar surface area (TPSA) is 67.4 Å². The molecule has 6 nitrogen and oxygen atoms in total. The third kappa shape index (κ3) is 4.58. The van der Waals surface area contributed by atoms with Crippen LogP contribution < -0.4 is 10.1 Å². The van der Waals surface area contributed by atoms with Crippen LogP contribution in [0.4, 0.5) is 4.79 Å². The predicted octanol–water partition coefficient (Wildman–Crippen LogP) is 2.54. The molecule has 0 aliphatic carbocycles. The minimum atomic E-state index is -0.0916. The van der Waals surface area contributed by atoms with Gasteiger partial charge in [0, 0.05) is 19.5 Å². The highest BCUT2D eigenvalue weighted by molar-refractivity contribution is 6.30. The Morgan fingerprint density at radius 1 is 1.29 bits per heavy atom. The third-order valence-electron chi connectivity index (χ3n) is 3.83. The van der Waals surface area contributed by atoms with Crippen LogP contribution in [-0.4, -0.2) is 46.6 Å². The van der Waals surface area contributed by atoms with Gasteiger partial charge in [-0.2, -0.15) is 0 Å². The highest BCUT2D eigenvalue weighted by Crippen LogP contribution is 2.16. The number of likely N-dealkylation sites (tertiary alicyclic amines) is 1. The van der Waals surface area contributed by atoms with Gasteiger partial charge in [0.15, 0.2) is 0 Å². The number of carbonyl (C=O) groups is 1. The molecule has 2 heterocycles. The largest absolute Gasteiger partial charge is 0.458 e. The van der Waals surface area contributed by atoms with Crippen LogP contribution in [0.5, 0.6) is 6.01 Å². The van der Waals surface area contributed by atoms with E-state index >= 15 is 0 Å². The molecule has 1 aromatic heterocycles. The number of aromatic nitrogens is 2. The quantitative estimate of drug-likeness (QED) is 0.903. The molecule has 1 fully saturated rings. The van der Waals surface area contributed by atoms with Gasteiger partial charge in [-0.15, -0.1) is 0 Å². The van der Waals surface area contributed by atoms with E-state index in [1.165, 1.54) is 18.0 Å². The summed E-state index contributed by atoms with van der Waals surface area (Å²) in [6.07, 6.45) is 4.47. The van der Waals surface area contributed by atoms with Crippen LogP contribution in [0.25, 0.3) is 0 Å². The monoisotopic (exact) mass is 346 g/mol. The van der Waals surface area contributed by atoms with E-state index in [9.17, 15) is 4.79 Å². The van der Waals surface area contributed by atoms with Gasteiger partial charge in [-0.3, -0.25) is 0 Å². The zero-order chi connectivity index (χ0) is 16.8. The van der Waals surface area contributed by atoms with E-state index in [0.717, 1.165) is 12.8 Å². The Balaban J connectivity index is 1.41. The summed E-state index contributed by atoms with van der Waals surface area (Å²) in [5.41, 5.74) is 1.21. The van der Waals surface area contributed by atoms with Crippen molar-refractivity contribution in [2.24, 2.45) is 0 Å². The highest BCUT2D eigenvalue weighted by Gasteiger charge is 2.28. The summed E-state index contributed by atoms with van der Waals surface area (Å²) in [6.45, 7) is 1.81. The van der Waals surface area contributed by atoms with Crippen LogP contribution in [0.3, 0.4) is 0 Å². The molecule has 1 aliphatic heterocycles. The van der Waals surface area contributed by atoms with Gasteiger partial charge in [-0.05, 0) is 12.0 Å². The second-order valence-electron chi connectivity index (χ2n) is 5.63. The highest BCUT2D eigenvalue weighted by atomic mass is 35.5. The molecular weight excluding hydrogens is 328 g/mol. The maximum atomic E-state index is 12.2. The lowest BCUT2D eigenvalue weighted by molar-refractivity contribution is 0.178. The summed E-state index contributed by atoms with van der Waals surface area (Å²) in [5.74, 6) is 0. The van der Waals surface area contributed by atoms with Crippen LogP contribution in [0, 0.1) is 0 Å². The molecule has 0 unspecified atom stereocenters. The Bertz CT molecular complexity index is 666. The van der Waals surface area contributed by atoms with E-state index in [0.29, 0.717) is 24.7 Å². The molecule has 1 N–H and O–H groups in total. The SMILES string of the molecule is O=C(NCCc1ccccc1)N1CC[C@@H](Oc2ncc(Cl)cn2)C1. The summed E-state index contributed by atoms with van der Waals surface area (Å²) in [6, 6.07) is 10.3. The van der Waals surface area contributed by atoms with E-state index in [1.54, 1.807) is 4.90 Å². The fourth-order valence-corrected chi connectivity index (χ4v) is 2.69. The lowest BCUT2D eigenvalue weighted by Crippen LogP contribution is -2.40. The van der Waals surface area contributed by atoms with Crippen molar-refractivity contribution in [3.8, 4) is 6.01 Å². The summed E-state index contributed by atoms with van der Waals surface area (Å²) in [4.78, 5) is 22.0. The molecule has 126 valence electrons. The molecule has 1 atom stereocenters. The van der Waals surface area contributed by atoms with Crippen LogP contribution in [0.1, 0.15) is 12.0 Å². The number of amides is 2. The van der Waals surface area contributed by atoms with Crippen molar-refractivity contribution >= 4 is 17.6 Å². The first-order valence-electron chi connectivity index (χ1n) is 7.91. The Labute approximate surface area is 145 Å². The molecule has 2 aromatic rings. The Morgan fingerprint density at radius 3 is 2.79 bits per heavy atom. The number of carbonyl (C=O) groups excluding carboxylic acids is 1. The summed E-state index contributed by atoms with van der Waals surface area (Å²) < 4.78 is 5.68. The summed E-state index contributed by atoms with van der Waals surface area (Å²) in [5, 5.41) is 3.41. The average Bonchev–Trinajstić information content (AvgIpc) is 3.06. The lowest BCUT2D eigenvalue weighted by Gasteiger charge is -2.17. The third-order valence-corrected chi connectivity index (χ3v) is 4.03. The lowest BCUT2D eigenvalue weighted by atomic mass is 10.1. The maximum absolute atomic E-state index is 12.2. The summed E-state index contributed by atoms with van der Waals surface area (Å²) in [7, 11) is 0. The maximum Gasteiger partial charge on any atom is 0.317 e. The van der Waals surface area contributed by atoms with Gasteiger partial charge in [0.2, 0.25) is 0 Å². The normalized spacial score (nSPS) is 16.9. The molecule has 0 saturated carbocycles. The van der Waals surface area contributed by atoms with Crippen LogP contribution >= 0.6 is 11.6 Å². The van der Waals surface area contributed by atoms with E-state index in [2.05, 4.69) is 27.4 Å². The zero-order valence-corrected chi connectivity index (χ0v) is 13.9. The second-order valence-corrected chi connectivity index (χ2v) is 6.06. The summed E-state index contributed by atoms with van der Waals surface area (Å²) >= 11 is 5.74. The fourth-order valence-electron chi connectivity index (χ4n) is 2.59. The van der Waals surface area contributed by atoms with E-state index in [4.69, 9.17) is 16.3 Å². The molecule has 0 bridgehead atoms. The van der Waals surface area contributed by atoms with Gasteiger partial charge < -0.3 is 15.0 Å². The smallest absolute Gasteiger partial charge is 0.317 e. The molecule has 1 aliphatic rings. The van der Waals surface area contributed by atoms with Crippen molar-refractivity contribution in [1.29, 1.82) is 0 Å². The minimum absolute atomic E-state index is 0.0611. The van der Waals surface area contributed by atoms with Crippen molar-refractivity contribution in [3.05, 3.63) is 53.3 Å². The number of ether oxygens (including phenoxy) is 1. The first-order chi connectivity index (χ1) is 11.7. The van der Waals surface area contributed by atoms with Gasteiger partial charge in [0.1, 0.15) is 6.10 Å². The first kappa shape index (κ1) is 16.5. The zero-order valence-electron chi connectivity index (χ0n) is 13.2. The number of benzene rings is 1. The number of halogens is 1. The van der Waals surface area contributed by atoms with Crippen LogP contribution in [0.2, 0.25) is 5.02 Å². The number of nitrogens with zero attached hydrogens (tertiary/aromatic N) is 3. The second kappa shape index (κ2) is 7.97. The van der Waals surface area contributed by atoms with E-state index in [-0.39, 0.29) is 18.1 Å². The molecule has 0 radical (unpaired) electrons. The molecular formula is C17H19ClN4O2. The molecule has 3 rings (SSSR count). The van der Waals surface area contributed by atoms with E-state index in [1.807, 2.05) is 18.2 Å².